The van der Waals surface area contributed by atoms with Gasteiger partial charge in [-0.15, -0.1) is 0 Å². The molecule has 2 rings (SSSR count). The molecule has 1 N–H and O–H groups in total. The number of carbonyl (C=O) groups is 1. The van der Waals surface area contributed by atoms with E-state index in [4.69, 9.17) is 5.11 Å². The number of benzene rings is 2. The number of carboxylic acid groups (broad SMARTS) is 1. The average Bonchev–Trinajstić information content (AvgIpc) is 2.36. The Labute approximate surface area is 137 Å². The highest BCUT2D eigenvalue weighted by Crippen LogP contribution is 2.31. The van der Waals surface area contributed by atoms with Crippen molar-refractivity contribution >= 4 is 56.3 Å². The highest BCUT2D eigenvalue weighted by molar-refractivity contribution is 14.1. The van der Waals surface area contributed by atoms with Crippen LogP contribution in [0.5, 0.6) is 0 Å². The third-order valence-corrected chi connectivity index (χ3v) is 5.73. The predicted octanol–water partition coefficient (Wildman–Crippen LogP) is 4.83. The maximum atomic E-state index is 10.6. The van der Waals surface area contributed by atoms with Gasteiger partial charge in [-0.25, -0.2) is 0 Å². The Morgan fingerprint density at radius 2 is 1.79 bits per heavy atom. The lowest BCUT2D eigenvalue weighted by molar-refractivity contribution is -0.136. The molecule has 98 valence electrons. The lowest BCUT2D eigenvalue weighted by Gasteiger charge is -2.04. The van der Waals surface area contributed by atoms with E-state index in [1.165, 1.54) is 8.47 Å². The van der Waals surface area contributed by atoms with Crippen LogP contribution in [0.2, 0.25) is 0 Å². The molecule has 0 atom stereocenters. The molecule has 5 heteroatoms. The molecule has 2 nitrogen and oxygen atoms in total. The molecule has 0 radical (unpaired) electrons. The van der Waals surface area contributed by atoms with E-state index < -0.39 is 5.97 Å². The Hall–Kier alpha value is -0.530. The molecule has 0 aliphatic carbocycles. The number of hydrogen-bond donors (Lipinski definition) is 1. The van der Waals surface area contributed by atoms with Crippen molar-refractivity contribution in [3.05, 3.63) is 56.1 Å². The van der Waals surface area contributed by atoms with Crippen LogP contribution in [0.1, 0.15) is 5.56 Å². The zero-order chi connectivity index (χ0) is 13.8. The smallest absolute Gasteiger partial charge is 0.307 e. The van der Waals surface area contributed by atoms with Crippen LogP contribution in [0.4, 0.5) is 0 Å². The van der Waals surface area contributed by atoms with Crippen LogP contribution in [0, 0.1) is 3.57 Å². The zero-order valence-corrected chi connectivity index (χ0v) is 14.3. The van der Waals surface area contributed by atoms with Gasteiger partial charge in [-0.1, -0.05) is 23.9 Å². The van der Waals surface area contributed by atoms with Crippen molar-refractivity contribution in [3.63, 3.8) is 0 Å². The molecule has 2 aromatic rings. The van der Waals surface area contributed by atoms with Crippen molar-refractivity contribution in [2.45, 2.75) is 16.2 Å². The minimum Gasteiger partial charge on any atom is -0.481 e. The molecular formula is C14H10BrIO2S. The first-order valence-electron chi connectivity index (χ1n) is 5.48. The van der Waals surface area contributed by atoms with Gasteiger partial charge in [0.15, 0.2) is 0 Å². The number of halogens is 2. The molecule has 0 bridgehead atoms. The van der Waals surface area contributed by atoms with Crippen LogP contribution < -0.4 is 0 Å². The quantitative estimate of drug-likeness (QED) is 0.680. The van der Waals surface area contributed by atoms with Crippen LogP contribution >= 0.6 is 50.3 Å². The standard InChI is InChI=1S/C14H10BrIO2S/c15-12-6-5-11(8-13(12)16)19-10-3-1-9(2-4-10)7-14(17)18/h1-6,8H,7H2,(H,17,18). The number of rotatable bonds is 4. The fourth-order valence-corrected chi connectivity index (χ4v) is 3.36. The van der Waals surface area contributed by atoms with Crippen LogP contribution in [0.15, 0.2) is 56.7 Å². The largest absolute Gasteiger partial charge is 0.481 e. The fraction of sp³-hybridized carbons (Fsp3) is 0.0714. The van der Waals surface area contributed by atoms with Gasteiger partial charge >= 0.3 is 5.97 Å². The molecule has 2 aromatic carbocycles. The lowest BCUT2D eigenvalue weighted by Crippen LogP contribution is -1.99. The van der Waals surface area contributed by atoms with Gasteiger partial charge in [-0.3, -0.25) is 4.79 Å². The number of hydrogen-bond acceptors (Lipinski definition) is 2. The van der Waals surface area contributed by atoms with Crippen molar-refractivity contribution in [3.8, 4) is 0 Å². The summed E-state index contributed by atoms with van der Waals surface area (Å²) in [5.74, 6) is -0.803. The zero-order valence-electron chi connectivity index (χ0n) is 9.77. The molecule has 0 spiro atoms. The Balaban J connectivity index is 2.10. The van der Waals surface area contributed by atoms with Gasteiger partial charge in [-0.05, 0) is 74.4 Å². The molecule has 0 saturated heterocycles. The third kappa shape index (κ3) is 4.50. The van der Waals surface area contributed by atoms with E-state index in [0.717, 1.165) is 14.9 Å². The van der Waals surface area contributed by atoms with Gasteiger partial charge in [0.25, 0.3) is 0 Å². The fourth-order valence-electron chi connectivity index (χ4n) is 1.53. The van der Waals surface area contributed by atoms with Crippen molar-refractivity contribution in [2.75, 3.05) is 0 Å². The van der Waals surface area contributed by atoms with Gasteiger partial charge in [0.2, 0.25) is 0 Å². The molecular weight excluding hydrogens is 439 g/mol. The summed E-state index contributed by atoms with van der Waals surface area (Å²) in [6, 6.07) is 13.8. The van der Waals surface area contributed by atoms with E-state index in [-0.39, 0.29) is 6.42 Å². The first kappa shape index (κ1) is 14.9. The summed E-state index contributed by atoms with van der Waals surface area (Å²) in [6.45, 7) is 0. The van der Waals surface area contributed by atoms with Gasteiger partial charge in [0.05, 0.1) is 6.42 Å². The minimum atomic E-state index is -0.803. The molecule has 0 amide bonds. The van der Waals surface area contributed by atoms with E-state index in [0.29, 0.717) is 0 Å². The maximum absolute atomic E-state index is 10.6. The lowest BCUT2D eigenvalue weighted by atomic mass is 10.2. The molecule has 0 fully saturated rings. The minimum absolute atomic E-state index is 0.0706. The summed E-state index contributed by atoms with van der Waals surface area (Å²) in [6.07, 6.45) is 0.0706. The van der Waals surface area contributed by atoms with Gasteiger partial charge < -0.3 is 5.11 Å². The third-order valence-electron chi connectivity index (χ3n) is 2.41. The van der Waals surface area contributed by atoms with Crippen LogP contribution in [0.25, 0.3) is 0 Å². The SMILES string of the molecule is O=C(O)Cc1ccc(Sc2ccc(Br)c(I)c2)cc1. The molecule has 0 heterocycles. The summed E-state index contributed by atoms with van der Waals surface area (Å²) in [5, 5.41) is 8.72. The second-order valence-electron chi connectivity index (χ2n) is 3.89. The molecule has 0 aliphatic heterocycles. The van der Waals surface area contributed by atoms with Gasteiger partial charge in [-0.2, -0.15) is 0 Å². The van der Waals surface area contributed by atoms with Crippen molar-refractivity contribution in [2.24, 2.45) is 0 Å². The molecule has 0 unspecified atom stereocenters. The second kappa shape index (κ2) is 6.76. The van der Waals surface area contributed by atoms with E-state index in [1.54, 1.807) is 11.8 Å². The van der Waals surface area contributed by atoms with E-state index >= 15 is 0 Å². The van der Waals surface area contributed by atoms with E-state index in [2.05, 4.69) is 50.7 Å². The maximum Gasteiger partial charge on any atom is 0.307 e. The summed E-state index contributed by atoms with van der Waals surface area (Å²) in [7, 11) is 0. The molecule has 19 heavy (non-hydrogen) atoms. The molecule has 0 aliphatic rings. The van der Waals surface area contributed by atoms with E-state index in [1.807, 2.05) is 30.3 Å². The van der Waals surface area contributed by atoms with Gasteiger partial charge in [0.1, 0.15) is 0 Å². The summed E-state index contributed by atoms with van der Waals surface area (Å²) in [4.78, 5) is 12.9. The average molecular weight is 449 g/mol. The van der Waals surface area contributed by atoms with Gasteiger partial charge in [0, 0.05) is 17.8 Å². The molecule has 0 saturated carbocycles. The van der Waals surface area contributed by atoms with E-state index in [9.17, 15) is 4.79 Å². The Kier molecular flexibility index (Phi) is 5.29. The normalized spacial score (nSPS) is 10.4. The van der Waals surface area contributed by atoms with Crippen molar-refractivity contribution < 1.29 is 9.90 Å². The summed E-state index contributed by atoms with van der Waals surface area (Å²) < 4.78 is 2.26. The number of carboxylic acids is 1. The summed E-state index contributed by atoms with van der Waals surface area (Å²) >= 11 is 7.43. The van der Waals surface area contributed by atoms with Crippen LogP contribution in [-0.4, -0.2) is 11.1 Å². The van der Waals surface area contributed by atoms with Crippen LogP contribution in [0.3, 0.4) is 0 Å². The number of aliphatic carboxylic acids is 1. The topological polar surface area (TPSA) is 37.3 Å². The first-order chi connectivity index (χ1) is 9.04. The highest BCUT2D eigenvalue weighted by Gasteiger charge is 2.03. The van der Waals surface area contributed by atoms with Crippen molar-refractivity contribution in [1.29, 1.82) is 0 Å². The highest BCUT2D eigenvalue weighted by atomic mass is 127. The monoisotopic (exact) mass is 448 g/mol. The van der Waals surface area contributed by atoms with Crippen LogP contribution in [-0.2, 0) is 11.2 Å². The Morgan fingerprint density at radius 1 is 1.16 bits per heavy atom. The summed E-state index contributed by atoms with van der Waals surface area (Å²) in [5.41, 5.74) is 0.822. The first-order valence-corrected chi connectivity index (χ1v) is 8.17. The van der Waals surface area contributed by atoms with Crippen molar-refractivity contribution in [1.82, 2.24) is 0 Å². The second-order valence-corrected chi connectivity index (χ2v) is 7.06. The molecule has 0 aromatic heterocycles. The predicted molar refractivity (Wildman–Crippen MR) is 88.8 cm³/mol. The Bertz CT molecular complexity index is 599. The Morgan fingerprint density at radius 3 is 2.37 bits per heavy atom.